The summed E-state index contributed by atoms with van der Waals surface area (Å²) < 4.78 is 0. The number of fused-ring (bicyclic) bond motifs is 2. The van der Waals surface area contributed by atoms with Crippen molar-refractivity contribution in [3.8, 4) is 0 Å². The van der Waals surface area contributed by atoms with Gasteiger partial charge < -0.3 is 20.7 Å². The average molecular weight is 412 g/mol. The van der Waals surface area contributed by atoms with Gasteiger partial charge in [0.25, 0.3) is 5.91 Å². The highest BCUT2D eigenvalue weighted by atomic mass is 35.5. The lowest BCUT2D eigenvalue weighted by atomic mass is 10.1. The van der Waals surface area contributed by atoms with Gasteiger partial charge in [-0.15, -0.1) is 0 Å². The van der Waals surface area contributed by atoms with Gasteiger partial charge in [0, 0.05) is 15.9 Å². The SMILES string of the molecule is O=C(O)CC(=O)N[C@H]1c2ccccc2C[C@H]1NC(=O)c1cc2cc(Cl)ccc2[nH]1. The van der Waals surface area contributed by atoms with Crippen molar-refractivity contribution < 1.29 is 19.5 Å². The summed E-state index contributed by atoms with van der Waals surface area (Å²) in [6, 6.07) is 13.7. The van der Waals surface area contributed by atoms with Crippen molar-refractivity contribution in [3.63, 3.8) is 0 Å². The second-order valence-corrected chi connectivity index (χ2v) is 7.45. The largest absolute Gasteiger partial charge is 0.481 e. The third-order valence-corrected chi connectivity index (χ3v) is 5.24. The van der Waals surface area contributed by atoms with Gasteiger partial charge in [-0.05, 0) is 41.8 Å². The third kappa shape index (κ3) is 3.95. The molecule has 1 aromatic heterocycles. The molecule has 2 amide bonds. The van der Waals surface area contributed by atoms with Crippen LogP contribution in [0.5, 0.6) is 0 Å². The molecule has 0 aliphatic heterocycles. The Balaban J connectivity index is 1.56. The fraction of sp³-hybridized carbons (Fsp3) is 0.190. The highest BCUT2D eigenvalue weighted by Crippen LogP contribution is 2.32. The van der Waals surface area contributed by atoms with E-state index in [4.69, 9.17) is 16.7 Å². The summed E-state index contributed by atoms with van der Waals surface area (Å²) in [5.74, 6) is -2.11. The standard InChI is InChI=1S/C21H18ClN3O4/c22-13-5-6-15-12(7-13)9-17(23-15)21(29)24-16-8-11-3-1-2-4-14(11)20(16)25-18(26)10-19(27)28/h1-7,9,16,20,23H,8,10H2,(H,24,29)(H,25,26)(H,27,28)/t16-,20+/m1/s1. The van der Waals surface area contributed by atoms with Gasteiger partial charge in [0.05, 0.1) is 12.1 Å². The van der Waals surface area contributed by atoms with Gasteiger partial charge in [0.2, 0.25) is 5.91 Å². The zero-order valence-corrected chi connectivity index (χ0v) is 16.0. The van der Waals surface area contributed by atoms with Crippen LogP contribution in [0.1, 0.15) is 34.1 Å². The highest BCUT2D eigenvalue weighted by molar-refractivity contribution is 6.31. The summed E-state index contributed by atoms with van der Waals surface area (Å²) in [5, 5.41) is 16.0. The van der Waals surface area contributed by atoms with Crippen LogP contribution >= 0.6 is 11.6 Å². The van der Waals surface area contributed by atoms with Crippen LogP contribution in [0.4, 0.5) is 0 Å². The van der Waals surface area contributed by atoms with E-state index in [0.29, 0.717) is 17.1 Å². The number of aliphatic carboxylic acids is 1. The normalized spacial score (nSPS) is 17.7. The molecule has 0 saturated carbocycles. The number of aromatic nitrogens is 1. The second kappa shape index (κ2) is 7.60. The van der Waals surface area contributed by atoms with Crippen LogP contribution < -0.4 is 10.6 Å². The molecule has 7 nitrogen and oxygen atoms in total. The summed E-state index contributed by atoms with van der Waals surface area (Å²) in [7, 11) is 0. The molecule has 0 saturated heterocycles. The molecule has 0 radical (unpaired) electrons. The molecule has 1 heterocycles. The summed E-state index contributed by atoms with van der Waals surface area (Å²) in [4.78, 5) is 38.8. The van der Waals surface area contributed by atoms with E-state index in [9.17, 15) is 14.4 Å². The van der Waals surface area contributed by atoms with Gasteiger partial charge in [-0.2, -0.15) is 0 Å². The number of H-pyrrole nitrogens is 1. The molecule has 2 aromatic carbocycles. The Labute approximate surface area is 171 Å². The molecule has 3 aromatic rings. The molecule has 4 rings (SSSR count). The van der Waals surface area contributed by atoms with E-state index in [1.54, 1.807) is 24.3 Å². The van der Waals surface area contributed by atoms with Crippen LogP contribution in [0.25, 0.3) is 10.9 Å². The number of hydrogen-bond donors (Lipinski definition) is 4. The van der Waals surface area contributed by atoms with Crippen LogP contribution in [-0.2, 0) is 16.0 Å². The van der Waals surface area contributed by atoms with Crippen LogP contribution in [0.3, 0.4) is 0 Å². The maximum Gasteiger partial charge on any atom is 0.312 e. The lowest BCUT2D eigenvalue weighted by molar-refractivity contribution is -0.140. The van der Waals surface area contributed by atoms with Crippen molar-refractivity contribution in [2.75, 3.05) is 0 Å². The van der Waals surface area contributed by atoms with E-state index in [2.05, 4.69) is 15.6 Å². The number of carboxylic acid groups (broad SMARTS) is 1. The van der Waals surface area contributed by atoms with E-state index in [0.717, 1.165) is 22.0 Å². The molecule has 2 atom stereocenters. The first-order valence-electron chi connectivity index (χ1n) is 9.09. The molecule has 1 aliphatic carbocycles. The maximum atomic E-state index is 12.8. The third-order valence-electron chi connectivity index (χ3n) is 5.00. The van der Waals surface area contributed by atoms with Gasteiger partial charge in [0.1, 0.15) is 12.1 Å². The summed E-state index contributed by atoms with van der Waals surface area (Å²) in [6.45, 7) is 0. The molecule has 8 heteroatoms. The number of carbonyl (C=O) groups excluding carboxylic acids is 2. The lowest BCUT2D eigenvalue weighted by Gasteiger charge is -2.22. The minimum atomic E-state index is -1.20. The second-order valence-electron chi connectivity index (χ2n) is 7.01. The van der Waals surface area contributed by atoms with Crippen LogP contribution in [0.15, 0.2) is 48.5 Å². The van der Waals surface area contributed by atoms with Crippen molar-refractivity contribution in [2.24, 2.45) is 0 Å². The fourth-order valence-electron chi connectivity index (χ4n) is 3.74. The van der Waals surface area contributed by atoms with Crippen molar-refractivity contribution in [1.82, 2.24) is 15.6 Å². The molecule has 29 heavy (non-hydrogen) atoms. The summed E-state index contributed by atoms with van der Waals surface area (Å²) >= 11 is 6.00. The number of carbonyl (C=O) groups is 3. The number of nitrogens with one attached hydrogen (secondary N) is 3. The molecule has 0 bridgehead atoms. The predicted molar refractivity (Wildman–Crippen MR) is 108 cm³/mol. The Bertz CT molecular complexity index is 1120. The van der Waals surface area contributed by atoms with Gasteiger partial charge in [-0.1, -0.05) is 35.9 Å². The van der Waals surface area contributed by atoms with E-state index < -0.39 is 30.4 Å². The minimum Gasteiger partial charge on any atom is -0.481 e. The molecule has 148 valence electrons. The Morgan fingerprint density at radius 2 is 1.90 bits per heavy atom. The van der Waals surface area contributed by atoms with Crippen molar-refractivity contribution in [1.29, 1.82) is 0 Å². The monoisotopic (exact) mass is 411 g/mol. The quantitative estimate of drug-likeness (QED) is 0.484. The molecule has 1 aliphatic rings. The first-order chi connectivity index (χ1) is 13.9. The number of halogens is 1. The predicted octanol–water partition coefficient (Wildman–Crippen LogP) is 2.81. The van der Waals surface area contributed by atoms with Gasteiger partial charge >= 0.3 is 5.97 Å². The van der Waals surface area contributed by atoms with Crippen molar-refractivity contribution in [3.05, 3.63) is 70.4 Å². The Morgan fingerprint density at radius 1 is 1.10 bits per heavy atom. The first-order valence-corrected chi connectivity index (χ1v) is 9.46. The number of benzene rings is 2. The minimum absolute atomic E-state index is 0.312. The smallest absolute Gasteiger partial charge is 0.312 e. The zero-order chi connectivity index (χ0) is 20.5. The van der Waals surface area contributed by atoms with Crippen LogP contribution in [0.2, 0.25) is 5.02 Å². The van der Waals surface area contributed by atoms with Crippen molar-refractivity contribution in [2.45, 2.75) is 24.9 Å². The summed E-state index contributed by atoms with van der Waals surface area (Å²) in [6.07, 6.45) is -0.0892. The van der Waals surface area contributed by atoms with Crippen molar-refractivity contribution >= 4 is 40.3 Å². The highest BCUT2D eigenvalue weighted by Gasteiger charge is 2.35. The van der Waals surface area contributed by atoms with E-state index in [-0.39, 0.29) is 5.91 Å². The maximum absolute atomic E-state index is 12.8. The van der Waals surface area contributed by atoms with Gasteiger partial charge in [0.15, 0.2) is 0 Å². The number of hydrogen-bond acceptors (Lipinski definition) is 3. The first kappa shape index (κ1) is 19.0. The van der Waals surface area contributed by atoms with E-state index in [1.165, 1.54) is 0 Å². The number of amides is 2. The van der Waals surface area contributed by atoms with E-state index in [1.807, 2.05) is 24.3 Å². The Kier molecular flexibility index (Phi) is 4.98. The van der Waals surface area contributed by atoms with Gasteiger partial charge in [-0.3, -0.25) is 14.4 Å². The van der Waals surface area contributed by atoms with Gasteiger partial charge in [-0.25, -0.2) is 0 Å². The molecule has 0 fully saturated rings. The molecular formula is C21H18ClN3O4. The summed E-state index contributed by atoms with van der Waals surface area (Å²) in [5.41, 5.74) is 3.05. The lowest BCUT2D eigenvalue weighted by Crippen LogP contribution is -2.44. The van der Waals surface area contributed by atoms with Crippen LogP contribution in [-0.4, -0.2) is 33.9 Å². The Morgan fingerprint density at radius 3 is 2.69 bits per heavy atom. The molecule has 0 spiro atoms. The fourth-order valence-corrected chi connectivity index (χ4v) is 3.92. The van der Waals surface area contributed by atoms with E-state index >= 15 is 0 Å². The number of aromatic amines is 1. The average Bonchev–Trinajstić information content (AvgIpc) is 3.22. The topological polar surface area (TPSA) is 111 Å². The van der Waals surface area contributed by atoms with Crippen LogP contribution in [0, 0.1) is 0 Å². The molecule has 0 unspecified atom stereocenters. The zero-order valence-electron chi connectivity index (χ0n) is 15.2. The Hall–Kier alpha value is -3.32. The number of rotatable bonds is 5. The molecule has 4 N–H and O–H groups in total. The molecular weight excluding hydrogens is 394 g/mol. The number of carboxylic acids is 1.